The first-order valence-electron chi connectivity index (χ1n) is 10.6. The molecule has 3 rings (SSSR count). The van der Waals surface area contributed by atoms with Gasteiger partial charge in [0.1, 0.15) is 6.10 Å². The van der Waals surface area contributed by atoms with Gasteiger partial charge in [0.15, 0.2) is 0 Å². The van der Waals surface area contributed by atoms with Gasteiger partial charge in [-0.3, -0.25) is 4.79 Å². The van der Waals surface area contributed by atoms with E-state index in [0.717, 1.165) is 37.9 Å². The molecule has 0 aromatic carbocycles. The normalized spacial score (nSPS) is 33.7. The van der Waals surface area contributed by atoms with Gasteiger partial charge in [-0.25, -0.2) is 0 Å². The van der Waals surface area contributed by atoms with Gasteiger partial charge in [-0.05, 0) is 74.0 Å². The molecule has 0 saturated heterocycles. The van der Waals surface area contributed by atoms with Crippen LogP contribution in [0.2, 0.25) is 0 Å². The van der Waals surface area contributed by atoms with Crippen molar-refractivity contribution in [2.45, 2.75) is 65.1 Å². The summed E-state index contributed by atoms with van der Waals surface area (Å²) in [7, 11) is 0. The van der Waals surface area contributed by atoms with Gasteiger partial charge in [0.2, 0.25) is 0 Å². The van der Waals surface area contributed by atoms with Gasteiger partial charge in [-0.1, -0.05) is 26.0 Å². The van der Waals surface area contributed by atoms with Crippen molar-refractivity contribution in [3.63, 3.8) is 0 Å². The Hall–Kier alpha value is -1.17. The van der Waals surface area contributed by atoms with Crippen LogP contribution < -0.4 is 5.32 Å². The lowest BCUT2D eigenvalue weighted by Gasteiger charge is -2.53. The van der Waals surface area contributed by atoms with Crippen molar-refractivity contribution in [2.24, 2.45) is 23.7 Å². The minimum atomic E-state index is -0.784. The molecular formula is C23H35NO3S. The lowest BCUT2D eigenvalue weighted by atomic mass is 9.57. The Morgan fingerprint density at radius 2 is 2.25 bits per heavy atom. The van der Waals surface area contributed by atoms with Crippen LogP contribution in [0.1, 0.15) is 51.8 Å². The summed E-state index contributed by atoms with van der Waals surface area (Å²) in [5.41, 5.74) is 0.301. The van der Waals surface area contributed by atoms with Crippen LogP contribution in [-0.2, 0) is 16.0 Å². The molecule has 0 bridgehead atoms. The topological polar surface area (TPSA) is 58.6 Å². The Balaban J connectivity index is 1.64. The van der Waals surface area contributed by atoms with Crippen LogP contribution in [-0.4, -0.2) is 35.9 Å². The third-order valence-corrected chi connectivity index (χ3v) is 7.86. The van der Waals surface area contributed by atoms with Gasteiger partial charge in [-0.2, -0.15) is 0 Å². The number of aliphatic hydroxyl groups is 1. The molecule has 6 atom stereocenters. The highest BCUT2D eigenvalue weighted by Crippen LogP contribution is 2.51. The predicted molar refractivity (Wildman–Crippen MR) is 114 cm³/mol. The number of hydrogen-bond donors (Lipinski definition) is 2. The number of fused-ring (bicyclic) bond motifs is 1. The summed E-state index contributed by atoms with van der Waals surface area (Å²) < 4.78 is 5.50. The Morgan fingerprint density at radius 1 is 1.46 bits per heavy atom. The summed E-state index contributed by atoms with van der Waals surface area (Å²) in [5.74, 6) is 1.01. The van der Waals surface area contributed by atoms with Crippen molar-refractivity contribution in [1.82, 2.24) is 5.32 Å². The zero-order valence-electron chi connectivity index (χ0n) is 17.6. The maximum absolute atomic E-state index is 11.6. The number of carbonyl (C=O) groups is 1. The molecule has 156 valence electrons. The van der Waals surface area contributed by atoms with Crippen molar-refractivity contribution in [2.75, 3.05) is 13.1 Å². The molecule has 1 unspecified atom stereocenters. The van der Waals surface area contributed by atoms with Gasteiger partial charge in [-0.15, -0.1) is 11.3 Å². The highest BCUT2D eigenvalue weighted by Gasteiger charge is 2.52. The lowest BCUT2D eigenvalue weighted by molar-refractivity contribution is -0.159. The van der Waals surface area contributed by atoms with E-state index in [-0.39, 0.29) is 23.9 Å². The Bertz CT molecular complexity index is 686. The zero-order valence-corrected chi connectivity index (χ0v) is 18.4. The van der Waals surface area contributed by atoms with E-state index < -0.39 is 5.60 Å². The smallest absolute Gasteiger partial charge is 0.303 e. The second kappa shape index (κ2) is 9.10. The van der Waals surface area contributed by atoms with Gasteiger partial charge < -0.3 is 15.2 Å². The van der Waals surface area contributed by atoms with Crippen molar-refractivity contribution in [1.29, 1.82) is 0 Å². The number of ether oxygens (including phenoxy) is 1. The summed E-state index contributed by atoms with van der Waals surface area (Å²) in [6.07, 6.45) is 5.68. The summed E-state index contributed by atoms with van der Waals surface area (Å²) in [4.78, 5) is 12.9. The van der Waals surface area contributed by atoms with Gasteiger partial charge >= 0.3 is 5.97 Å². The van der Waals surface area contributed by atoms with Crippen molar-refractivity contribution < 1.29 is 14.6 Å². The van der Waals surface area contributed by atoms with E-state index in [1.165, 1.54) is 11.8 Å². The molecule has 1 aromatic rings. The molecule has 1 fully saturated rings. The Labute approximate surface area is 173 Å². The molecule has 0 amide bonds. The summed E-state index contributed by atoms with van der Waals surface area (Å²) in [5, 5.41) is 17.4. The molecule has 0 spiro atoms. The van der Waals surface area contributed by atoms with Crippen molar-refractivity contribution in [3.8, 4) is 0 Å². The Kier molecular flexibility index (Phi) is 7.00. The van der Waals surface area contributed by atoms with Crippen LogP contribution in [0.3, 0.4) is 0 Å². The third kappa shape index (κ3) is 4.69. The van der Waals surface area contributed by atoms with Crippen LogP contribution in [0.25, 0.3) is 0 Å². The fourth-order valence-corrected chi connectivity index (χ4v) is 5.85. The number of nitrogens with one attached hydrogen (secondary N) is 1. The number of rotatable bonds is 7. The maximum Gasteiger partial charge on any atom is 0.303 e. The van der Waals surface area contributed by atoms with Crippen LogP contribution >= 0.6 is 11.3 Å². The van der Waals surface area contributed by atoms with Crippen molar-refractivity contribution in [3.05, 3.63) is 34.0 Å². The van der Waals surface area contributed by atoms with E-state index >= 15 is 0 Å². The standard InChI is InChI=1S/C23H35NO3S/c1-15-12-21-20(16(2)14-24-10-9-19-6-5-11-28-19)8-7-17(3)23(21,26)13-22(15)27-18(4)25/h5-6,11-12,16-17,20-22,24,26H,7-10,13-14H2,1-4H3/t16?,17-,20+,21-,22-,23-/m1/s1. The van der Waals surface area contributed by atoms with Gasteiger partial charge in [0.25, 0.3) is 0 Å². The SMILES string of the molecule is CC(=O)O[C@@H]1C[C@@]2(O)[C@H](C)CC[C@@H](C(C)CNCCc3cccs3)[C@H]2C=C1C. The first-order valence-corrected chi connectivity index (χ1v) is 11.5. The van der Waals surface area contributed by atoms with E-state index in [0.29, 0.717) is 18.3 Å². The molecular weight excluding hydrogens is 370 g/mol. The molecule has 2 aliphatic carbocycles. The zero-order chi connectivity index (χ0) is 20.3. The molecule has 1 saturated carbocycles. The fraction of sp³-hybridized carbons (Fsp3) is 0.696. The third-order valence-electron chi connectivity index (χ3n) is 6.92. The average Bonchev–Trinajstić information content (AvgIpc) is 3.14. The molecule has 1 heterocycles. The number of esters is 1. The maximum atomic E-state index is 11.6. The summed E-state index contributed by atoms with van der Waals surface area (Å²) >= 11 is 1.81. The van der Waals surface area contributed by atoms with E-state index in [1.807, 2.05) is 18.3 Å². The summed E-state index contributed by atoms with van der Waals surface area (Å²) in [6.45, 7) is 9.89. The van der Waals surface area contributed by atoms with E-state index in [9.17, 15) is 9.90 Å². The average molecular weight is 406 g/mol. The van der Waals surface area contributed by atoms with E-state index in [4.69, 9.17) is 4.74 Å². The molecule has 2 aliphatic rings. The quantitative estimate of drug-likeness (QED) is 0.406. The minimum absolute atomic E-state index is 0.136. The Morgan fingerprint density at radius 3 is 2.93 bits per heavy atom. The minimum Gasteiger partial charge on any atom is -0.458 e. The van der Waals surface area contributed by atoms with E-state index in [1.54, 1.807) is 0 Å². The molecule has 0 radical (unpaired) electrons. The predicted octanol–water partition coefficient (Wildman–Crippen LogP) is 4.19. The first kappa shape index (κ1) is 21.5. The highest BCUT2D eigenvalue weighted by molar-refractivity contribution is 7.09. The van der Waals surface area contributed by atoms with Crippen LogP contribution in [0.5, 0.6) is 0 Å². The highest BCUT2D eigenvalue weighted by atomic mass is 32.1. The summed E-state index contributed by atoms with van der Waals surface area (Å²) in [6, 6.07) is 4.29. The lowest BCUT2D eigenvalue weighted by Crippen LogP contribution is -2.56. The molecule has 1 aromatic heterocycles. The molecule has 0 aliphatic heterocycles. The second-order valence-corrected chi connectivity index (χ2v) is 9.92. The number of hydrogen-bond acceptors (Lipinski definition) is 5. The van der Waals surface area contributed by atoms with E-state index in [2.05, 4.69) is 42.8 Å². The largest absolute Gasteiger partial charge is 0.458 e. The van der Waals surface area contributed by atoms with Gasteiger partial charge in [0, 0.05) is 24.1 Å². The first-order chi connectivity index (χ1) is 13.3. The number of carbonyl (C=O) groups excluding carboxylic acids is 1. The van der Waals surface area contributed by atoms with Gasteiger partial charge in [0.05, 0.1) is 5.60 Å². The van der Waals surface area contributed by atoms with Crippen LogP contribution in [0.4, 0.5) is 0 Å². The van der Waals surface area contributed by atoms with Crippen LogP contribution in [0, 0.1) is 23.7 Å². The monoisotopic (exact) mass is 405 g/mol. The number of thiophene rings is 1. The van der Waals surface area contributed by atoms with Crippen LogP contribution in [0.15, 0.2) is 29.2 Å². The molecule has 28 heavy (non-hydrogen) atoms. The molecule has 2 N–H and O–H groups in total. The van der Waals surface area contributed by atoms with Crippen molar-refractivity contribution >= 4 is 17.3 Å². The molecule has 4 nitrogen and oxygen atoms in total. The molecule has 5 heteroatoms. The fourth-order valence-electron chi connectivity index (χ4n) is 5.15. The second-order valence-electron chi connectivity index (χ2n) is 8.88.